The average Bonchev–Trinajstić information content (AvgIpc) is 3.06. The van der Waals surface area contributed by atoms with Crippen molar-refractivity contribution in [2.75, 3.05) is 31.3 Å². The van der Waals surface area contributed by atoms with E-state index < -0.39 is 5.97 Å². The van der Waals surface area contributed by atoms with E-state index in [1.807, 2.05) is 6.07 Å². The van der Waals surface area contributed by atoms with Crippen molar-refractivity contribution in [3.63, 3.8) is 0 Å². The predicted octanol–water partition coefficient (Wildman–Crippen LogP) is 1.00. The number of carboxylic acids is 1. The van der Waals surface area contributed by atoms with Crippen molar-refractivity contribution < 1.29 is 19.4 Å². The highest BCUT2D eigenvalue weighted by molar-refractivity contribution is 5.83. The molecule has 0 saturated heterocycles. The molecule has 0 atom stereocenters. The van der Waals surface area contributed by atoms with E-state index in [9.17, 15) is 9.90 Å². The van der Waals surface area contributed by atoms with Gasteiger partial charge in [0.25, 0.3) is 6.01 Å². The molecule has 10 heteroatoms. The number of fused-ring (bicyclic) bond motifs is 1. The number of rotatable bonds is 11. The lowest BCUT2D eigenvalue weighted by Crippen LogP contribution is -2.24. The Bertz CT molecular complexity index is 1020. The van der Waals surface area contributed by atoms with Gasteiger partial charge in [-0.25, -0.2) is 0 Å². The van der Waals surface area contributed by atoms with E-state index in [1.54, 1.807) is 22.8 Å². The van der Waals surface area contributed by atoms with E-state index in [1.165, 1.54) is 7.11 Å². The summed E-state index contributed by atoms with van der Waals surface area (Å²) in [5.41, 5.74) is 8.49. The number of carboxylic acid groups (broad SMARTS) is 1. The molecule has 0 spiro atoms. The predicted molar refractivity (Wildman–Crippen MR) is 110 cm³/mol. The van der Waals surface area contributed by atoms with E-state index in [0.717, 1.165) is 18.5 Å². The van der Waals surface area contributed by atoms with Crippen LogP contribution >= 0.6 is 0 Å². The first-order valence-electron chi connectivity index (χ1n) is 9.75. The summed E-state index contributed by atoms with van der Waals surface area (Å²) in [5, 5.41) is 14.1. The summed E-state index contributed by atoms with van der Waals surface area (Å²) in [6, 6.07) is 7.75. The number of nitrogen functional groups attached to an aromatic ring is 1. The number of nitrogens with two attached hydrogens (primary N) is 1. The van der Waals surface area contributed by atoms with Crippen LogP contribution in [0, 0.1) is 0 Å². The van der Waals surface area contributed by atoms with Crippen LogP contribution < -0.4 is 25.6 Å². The lowest BCUT2D eigenvalue weighted by Gasteiger charge is -2.11. The maximum atomic E-state index is 10.8. The van der Waals surface area contributed by atoms with Crippen molar-refractivity contribution in [3.8, 4) is 12.0 Å². The normalized spacial score (nSPS) is 10.9. The molecule has 3 aromatic rings. The molecule has 0 amide bonds. The molecule has 0 unspecified atom stereocenters. The summed E-state index contributed by atoms with van der Waals surface area (Å²) >= 11 is 0. The van der Waals surface area contributed by atoms with Gasteiger partial charge in [0, 0.05) is 31.2 Å². The Morgan fingerprint density at radius 2 is 2.13 bits per heavy atom. The second kappa shape index (κ2) is 9.77. The van der Waals surface area contributed by atoms with Gasteiger partial charge in [0.05, 0.1) is 13.7 Å². The fourth-order valence-corrected chi connectivity index (χ4v) is 2.98. The van der Waals surface area contributed by atoms with E-state index >= 15 is 0 Å². The number of nitrogens with one attached hydrogen (secondary N) is 1. The molecule has 0 aliphatic heterocycles. The first-order valence-corrected chi connectivity index (χ1v) is 9.75. The van der Waals surface area contributed by atoms with Crippen LogP contribution in [0.15, 0.2) is 24.3 Å². The molecule has 0 bridgehead atoms. The SMILES string of the molecule is CCCCOc1nc(N)c2nc(OC)n(CCNc3cccc(CC(=O)[O-])c3)c2n1. The number of carbonyl (C=O) groups excluding carboxylic acids is 1. The third-order valence-corrected chi connectivity index (χ3v) is 4.42. The van der Waals surface area contributed by atoms with Crippen LogP contribution in [0.2, 0.25) is 0 Å². The maximum Gasteiger partial charge on any atom is 0.320 e. The Morgan fingerprint density at radius 3 is 2.87 bits per heavy atom. The summed E-state index contributed by atoms with van der Waals surface area (Å²) in [5.74, 6) is -0.887. The number of benzene rings is 1. The molecule has 0 radical (unpaired) electrons. The zero-order valence-corrected chi connectivity index (χ0v) is 17.1. The van der Waals surface area contributed by atoms with Gasteiger partial charge >= 0.3 is 6.01 Å². The van der Waals surface area contributed by atoms with Crippen LogP contribution in [0.4, 0.5) is 11.5 Å². The molecule has 2 aromatic heterocycles. The van der Waals surface area contributed by atoms with Gasteiger partial charge in [0.2, 0.25) is 0 Å². The van der Waals surface area contributed by atoms with Gasteiger partial charge in [-0.15, -0.1) is 0 Å². The largest absolute Gasteiger partial charge is 0.550 e. The Hall–Kier alpha value is -3.56. The van der Waals surface area contributed by atoms with E-state index in [0.29, 0.717) is 42.4 Å². The number of hydrogen-bond donors (Lipinski definition) is 2. The quantitative estimate of drug-likeness (QED) is 0.440. The van der Waals surface area contributed by atoms with Crippen molar-refractivity contribution in [1.82, 2.24) is 19.5 Å². The molecule has 0 aliphatic carbocycles. The lowest BCUT2D eigenvalue weighted by atomic mass is 10.1. The molecular weight excluding hydrogens is 388 g/mol. The van der Waals surface area contributed by atoms with Gasteiger partial charge in [-0.3, -0.25) is 4.57 Å². The first kappa shape index (κ1) is 21.2. The highest BCUT2D eigenvalue weighted by Gasteiger charge is 2.17. The van der Waals surface area contributed by atoms with Crippen molar-refractivity contribution in [2.24, 2.45) is 0 Å². The summed E-state index contributed by atoms with van der Waals surface area (Å²) in [6.07, 6.45) is 1.76. The average molecular weight is 413 g/mol. The summed E-state index contributed by atoms with van der Waals surface area (Å²) in [7, 11) is 1.52. The van der Waals surface area contributed by atoms with Crippen LogP contribution in [-0.4, -0.2) is 45.7 Å². The number of imidazole rings is 1. The molecule has 10 nitrogen and oxygen atoms in total. The second-order valence-electron chi connectivity index (χ2n) is 6.69. The van der Waals surface area contributed by atoms with Crippen LogP contribution in [0.1, 0.15) is 25.3 Å². The van der Waals surface area contributed by atoms with Crippen molar-refractivity contribution in [1.29, 1.82) is 0 Å². The molecule has 30 heavy (non-hydrogen) atoms. The number of ether oxygens (including phenoxy) is 2. The van der Waals surface area contributed by atoms with Gasteiger partial charge in [0.1, 0.15) is 0 Å². The third kappa shape index (κ3) is 5.07. The number of aromatic nitrogens is 4. The van der Waals surface area contributed by atoms with E-state index in [2.05, 4.69) is 27.2 Å². The van der Waals surface area contributed by atoms with Gasteiger partial charge in [0.15, 0.2) is 17.0 Å². The highest BCUT2D eigenvalue weighted by Crippen LogP contribution is 2.25. The fraction of sp³-hybridized carbons (Fsp3) is 0.400. The first-order chi connectivity index (χ1) is 14.5. The van der Waals surface area contributed by atoms with Gasteiger partial charge < -0.3 is 30.4 Å². The second-order valence-corrected chi connectivity index (χ2v) is 6.69. The van der Waals surface area contributed by atoms with Crippen molar-refractivity contribution >= 4 is 28.6 Å². The van der Waals surface area contributed by atoms with E-state index in [-0.39, 0.29) is 18.2 Å². The van der Waals surface area contributed by atoms with Crippen LogP contribution in [0.25, 0.3) is 11.2 Å². The molecule has 2 heterocycles. The molecule has 3 rings (SSSR count). The van der Waals surface area contributed by atoms with Crippen LogP contribution in [0.3, 0.4) is 0 Å². The monoisotopic (exact) mass is 413 g/mol. The summed E-state index contributed by atoms with van der Waals surface area (Å²) in [4.78, 5) is 23.8. The number of unbranched alkanes of at least 4 members (excludes halogenated alkanes) is 1. The molecular formula is C20H25N6O4-. The number of methoxy groups -OCH3 is 1. The smallest absolute Gasteiger partial charge is 0.320 e. The minimum absolute atomic E-state index is 0.132. The number of nitrogens with zero attached hydrogens (tertiary/aromatic N) is 4. The number of hydrogen-bond acceptors (Lipinski definition) is 9. The molecule has 160 valence electrons. The highest BCUT2D eigenvalue weighted by atomic mass is 16.5. The van der Waals surface area contributed by atoms with Crippen LogP contribution in [-0.2, 0) is 17.8 Å². The molecule has 0 fully saturated rings. The third-order valence-electron chi connectivity index (χ3n) is 4.42. The minimum Gasteiger partial charge on any atom is -0.550 e. The number of anilines is 2. The summed E-state index contributed by atoms with van der Waals surface area (Å²) < 4.78 is 12.8. The number of carbonyl (C=O) groups is 1. The Kier molecular flexibility index (Phi) is 6.89. The maximum absolute atomic E-state index is 10.8. The summed E-state index contributed by atoms with van der Waals surface area (Å²) in [6.45, 7) is 3.58. The minimum atomic E-state index is -1.11. The zero-order valence-electron chi connectivity index (χ0n) is 17.1. The Labute approximate surface area is 174 Å². The van der Waals surface area contributed by atoms with Gasteiger partial charge in [-0.05, 0) is 24.1 Å². The molecule has 1 aromatic carbocycles. The molecule has 0 aliphatic rings. The van der Waals surface area contributed by atoms with E-state index in [4.69, 9.17) is 15.2 Å². The number of aliphatic carboxylic acids is 1. The topological polar surface area (TPSA) is 140 Å². The zero-order chi connectivity index (χ0) is 21.5. The lowest BCUT2D eigenvalue weighted by molar-refractivity contribution is -0.304. The van der Waals surface area contributed by atoms with Crippen molar-refractivity contribution in [2.45, 2.75) is 32.7 Å². The van der Waals surface area contributed by atoms with Gasteiger partial charge in [-0.2, -0.15) is 15.0 Å². The van der Waals surface area contributed by atoms with Crippen molar-refractivity contribution in [3.05, 3.63) is 29.8 Å². The van der Waals surface area contributed by atoms with Gasteiger partial charge in [-0.1, -0.05) is 25.5 Å². The standard InChI is InChI=1S/C20H26N6O4/c1-3-4-10-30-19-24-17(21)16-18(25-19)26(20(23-16)29-2)9-8-22-14-7-5-6-13(11-14)12-15(27)28/h5-7,11,22H,3-4,8-10,12H2,1-2H3,(H,27,28)(H2,21,24,25)/p-1. The Balaban J connectivity index is 1.76. The van der Waals surface area contributed by atoms with Crippen LogP contribution in [0.5, 0.6) is 12.0 Å². The fourth-order valence-electron chi connectivity index (χ4n) is 2.98. The Morgan fingerprint density at radius 1 is 1.30 bits per heavy atom. The molecule has 3 N–H and O–H groups in total. The molecule has 0 saturated carbocycles.